The van der Waals surface area contributed by atoms with Crippen LogP contribution in [0, 0.1) is 13.8 Å². The highest BCUT2D eigenvalue weighted by atomic mass is 14.9. The minimum atomic E-state index is 0.532. The van der Waals surface area contributed by atoms with Crippen LogP contribution in [0.25, 0.3) is 0 Å². The number of nitrogens with one attached hydrogen (secondary N) is 1. The highest BCUT2D eigenvalue weighted by Gasteiger charge is 2.15. The third kappa shape index (κ3) is 5.32. The summed E-state index contributed by atoms with van der Waals surface area (Å²) in [5.41, 5.74) is 5.90. The van der Waals surface area contributed by atoms with E-state index in [0.29, 0.717) is 6.04 Å². The van der Waals surface area contributed by atoms with Gasteiger partial charge in [-0.05, 0) is 64.5 Å². The molecule has 1 atom stereocenters. The lowest BCUT2D eigenvalue weighted by atomic mass is 9.94. The summed E-state index contributed by atoms with van der Waals surface area (Å²) in [5, 5.41) is 3.79. The Bertz CT molecular complexity index is 452. The van der Waals surface area contributed by atoms with Crippen LogP contribution in [0.2, 0.25) is 0 Å². The first-order valence-electron chi connectivity index (χ1n) is 8.68. The van der Waals surface area contributed by atoms with Crippen molar-refractivity contribution in [1.29, 1.82) is 0 Å². The molecule has 0 bridgehead atoms. The van der Waals surface area contributed by atoms with Gasteiger partial charge in [0.25, 0.3) is 0 Å². The van der Waals surface area contributed by atoms with E-state index >= 15 is 0 Å². The molecular formula is C20H31N. The fourth-order valence-electron chi connectivity index (χ4n) is 3.43. The molecule has 0 saturated heterocycles. The van der Waals surface area contributed by atoms with E-state index in [4.69, 9.17) is 0 Å². The molecule has 0 heterocycles. The summed E-state index contributed by atoms with van der Waals surface area (Å²) < 4.78 is 0. The second kappa shape index (κ2) is 8.38. The average Bonchev–Trinajstić information content (AvgIpc) is 2.71. The molecule has 0 aliphatic heterocycles. The molecular weight excluding hydrogens is 254 g/mol. The van der Waals surface area contributed by atoms with Crippen molar-refractivity contribution in [3.63, 3.8) is 0 Å². The van der Waals surface area contributed by atoms with Gasteiger partial charge in [0.2, 0.25) is 0 Å². The van der Waals surface area contributed by atoms with E-state index in [1.54, 1.807) is 5.57 Å². The molecule has 1 unspecified atom stereocenters. The van der Waals surface area contributed by atoms with E-state index in [1.807, 2.05) is 0 Å². The van der Waals surface area contributed by atoms with E-state index in [-0.39, 0.29) is 0 Å². The predicted molar refractivity (Wildman–Crippen MR) is 92.9 cm³/mol. The number of hydrogen-bond acceptors (Lipinski definition) is 1. The number of allylic oxidation sites excluding steroid dienone is 1. The Morgan fingerprint density at radius 3 is 2.52 bits per heavy atom. The highest BCUT2D eigenvalue weighted by molar-refractivity contribution is 5.30. The molecule has 1 nitrogen and oxygen atoms in total. The first kappa shape index (κ1) is 16.3. The number of hydrogen-bond donors (Lipinski definition) is 1. The lowest BCUT2D eigenvalue weighted by Gasteiger charge is -2.22. The molecule has 1 aromatic carbocycles. The fourth-order valence-corrected chi connectivity index (χ4v) is 3.43. The van der Waals surface area contributed by atoms with Gasteiger partial charge in [0.05, 0.1) is 0 Å². The number of rotatable bonds is 6. The van der Waals surface area contributed by atoms with E-state index in [0.717, 1.165) is 13.0 Å². The molecule has 1 heteroatoms. The molecule has 0 saturated carbocycles. The van der Waals surface area contributed by atoms with Crippen molar-refractivity contribution in [3.05, 3.63) is 46.5 Å². The SMILES string of the molecule is CCCNC(Cc1cc(C)cc(C)c1)C1=CCCCCC1. The van der Waals surface area contributed by atoms with Crippen LogP contribution < -0.4 is 5.32 Å². The zero-order chi connectivity index (χ0) is 15.1. The second-order valence-corrected chi connectivity index (χ2v) is 6.59. The maximum absolute atomic E-state index is 3.79. The molecule has 0 radical (unpaired) electrons. The van der Waals surface area contributed by atoms with Gasteiger partial charge in [0.15, 0.2) is 0 Å². The number of aryl methyl sites for hydroxylation is 2. The summed E-state index contributed by atoms with van der Waals surface area (Å²) in [6.07, 6.45) is 11.5. The van der Waals surface area contributed by atoms with Crippen LogP contribution in [-0.4, -0.2) is 12.6 Å². The van der Waals surface area contributed by atoms with E-state index in [2.05, 4.69) is 50.4 Å². The van der Waals surface area contributed by atoms with Gasteiger partial charge in [-0.2, -0.15) is 0 Å². The molecule has 0 aromatic heterocycles. The minimum Gasteiger partial charge on any atom is -0.310 e. The second-order valence-electron chi connectivity index (χ2n) is 6.59. The zero-order valence-electron chi connectivity index (χ0n) is 14.0. The molecule has 0 spiro atoms. The Morgan fingerprint density at radius 1 is 1.05 bits per heavy atom. The van der Waals surface area contributed by atoms with Crippen molar-refractivity contribution >= 4 is 0 Å². The predicted octanol–water partition coefficient (Wildman–Crippen LogP) is 5.10. The van der Waals surface area contributed by atoms with Gasteiger partial charge in [-0.1, -0.05) is 54.3 Å². The van der Waals surface area contributed by atoms with Crippen LogP contribution in [0.4, 0.5) is 0 Å². The molecule has 1 aliphatic rings. The Morgan fingerprint density at radius 2 is 1.81 bits per heavy atom. The summed E-state index contributed by atoms with van der Waals surface area (Å²) in [6, 6.07) is 7.50. The third-order valence-electron chi connectivity index (χ3n) is 4.39. The Balaban J connectivity index is 2.12. The molecule has 116 valence electrons. The van der Waals surface area contributed by atoms with Gasteiger partial charge < -0.3 is 5.32 Å². The van der Waals surface area contributed by atoms with Crippen LogP contribution in [0.5, 0.6) is 0 Å². The van der Waals surface area contributed by atoms with Crippen LogP contribution >= 0.6 is 0 Å². The van der Waals surface area contributed by atoms with Crippen LogP contribution in [-0.2, 0) is 6.42 Å². The van der Waals surface area contributed by atoms with E-state index in [9.17, 15) is 0 Å². The summed E-state index contributed by atoms with van der Waals surface area (Å²) in [7, 11) is 0. The molecule has 0 fully saturated rings. The van der Waals surface area contributed by atoms with Crippen molar-refractivity contribution in [2.45, 2.75) is 71.8 Å². The van der Waals surface area contributed by atoms with Gasteiger partial charge in [0.1, 0.15) is 0 Å². The Kier molecular flexibility index (Phi) is 6.50. The fraction of sp³-hybridized carbons (Fsp3) is 0.600. The standard InChI is InChI=1S/C20H31N/c1-4-11-21-20(19-9-7-5-6-8-10-19)15-18-13-16(2)12-17(3)14-18/h9,12-14,20-21H,4-8,10-11,15H2,1-3H3. The van der Waals surface area contributed by atoms with E-state index in [1.165, 1.54) is 55.2 Å². The lowest BCUT2D eigenvalue weighted by Crippen LogP contribution is -2.33. The van der Waals surface area contributed by atoms with Gasteiger partial charge in [-0.3, -0.25) is 0 Å². The minimum absolute atomic E-state index is 0.532. The average molecular weight is 285 g/mol. The molecule has 1 aliphatic carbocycles. The van der Waals surface area contributed by atoms with Crippen molar-refractivity contribution in [3.8, 4) is 0 Å². The van der Waals surface area contributed by atoms with Crippen LogP contribution in [0.1, 0.15) is 62.1 Å². The Hall–Kier alpha value is -1.08. The highest BCUT2D eigenvalue weighted by Crippen LogP contribution is 2.23. The van der Waals surface area contributed by atoms with Crippen LogP contribution in [0.15, 0.2) is 29.8 Å². The third-order valence-corrected chi connectivity index (χ3v) is 4.39. The molecule has 1 N–H and O–H groups in total. The summed E-state index contributed by atoms with van der Waals surface area (Å²) in [5.74, 6) is 0. The van der Waals surface area contributed by atoms with Crippen LogP contribution in [0.3, 0.4) is 0 Å². The molecule has 0 amide bonds. The van der Waals surface area contributed by atoms with E-state index < -0.39 is 0 Å². The van der Waals surface area contributed by atoms with Gasteiger partial charge in [-0.15, -0.1) is 0 Å². The monoisotopic (exact) mass is 285 g/mol. The smallest absolute Gasteiger partial charge is 0.0320 e. The quantitative estimate of drug-likeness (QED) is 0.717. The van der Waals surface area contributed by atoms with Crippen molar-refractivity contribution < 1.29 is 0 Å². The molecule has 2 rings (SSSR count). The summed E-state index contributed by atoms with van der Waals surface area (Å²) in [4.78, 5) is 0. The number of benzene rings is 1. The maximum Gasteiger partial charge on any atom is 0.0320 e. The normalized spacial score (nSPS) is 17.2. The van der Waals surface area contributed by atoms with Gasteiger partial charge >= 0.3 is 0 Å². The first-order chi connectivity index (χ1) is 10.2. The van der Waals surface area contributed by atoms with Gasteiger partial charge in [0, 0.05) is 6.04 Å². The summed E-state index contributed by atoms with van der Waals surface area (Å²) >= 11 is 0. The molecule has 21 heavy (non-hydrogen) atoms. The first-order valence-corrected chi connectivity index (χ1v) is 8.68. The van der Waals surface area contributed by atoms with Crippen molar-refractivity contribution in [1.82, 2.24) is 5.32 Å². The largest absolute Gasteiger partial charge is 0.310 e. The summed E-state index contributed by atoms with van der Waals surface area (Å²) in [6.45, 7) is 7.78. The van der Waals surface area contributed by atoms with Gasteiger partial charge in [-0.25, -0.2) is 0 Å². The van der Waals surface area contributed by atoms with Crippen molar-refractivity contribution in [2.24, 2.45) is 0 Å². The molecule has 1 aromatic rings. The topological polar surface area (TPSA) is 12.0 Å². The Labute approximate surface area is 130 Å². The van der Waals surface area contributed by atoms with Crippen molar-refractivity contribution in [2.75, 3.05) is 6.54 Å². The maximum atomic E-state index is 3.79. The lowest BCUT2D eigenvalue weighted by molar-refractivity contribution is 0.543. The zero-order valence-corrected chi connectivity index (χ0v) is 14.0.